The van der Waals surface area contributed by atoms with Crippen LogP contribution in [0, 0.1) is 0 Å². The lowest BCUT2D eigenvalue weighted by Gasteiger charge is -2.24. The lowest BCUT2D eigenvalue weighted by Crippen LogP contribution is -2.25. The van der Waals surface area contributed by atoms with Crippen molar-refractivity contribution in [3.63, 3.8) is 0 Å². The fraction of sp³-hybridized carbons (Fsp3) is 0.333. The summed E-state index contributed by atoms with van der Waals surface area (Å²) in [4.78, 5) is 18.5. The second kappa shape index (κ2) is 9.72. The summed E-state index contributed by atoms with van der Waals surface area (Å²) in [5, 5.41) is 5.35. The highest BCUT2D eigenvalue weighted by atomic mass is 35.5. The highest BCUT2D eigenvalue weighted by Gasteiger charge is 2.11. The molecule has 0 unspecified atom stereocenters. The van der Waals surface area contributed by atoms with E-state index in [1.807, 2.05) is 31.3 Å². The first kappa shape index (κ1) is 21.7. The zero-order chi connectivity index (χ0) is 15.4. The Kier molecular flexibility index (Phi) is 9.16. The minimum absolute atomic E-state index is 0. The molecule has 1 aromatic carbocycles. The SMILES string of the molecule is CC(C)N(C)c1cccc(NC(=O)c2csc(CN)n2)c1.Cl.Cl. The molecule has 0 radical (unpaired) electrons. The molecular weight excluding hydrogens is 355 g/mol. The number of carbonyl (C=O) groups is 1. The molecule has 128 valence electrons. The normalized spacial score (nSPS) is 9.78. The molecule has 2 rings (SSSR count). The summed E-state index contributed by atoms with van der Waals surface area (Å²) in [7, 11) is 2.03. The third kappa shape index (κ3) is 5.66. The minimum Gasteiger partial charge on any atom is -0.372 e. The fourth-order valence-corrected chi connectivity index (χ4v) is 2.46. The molecule has 0 aliphatic heterocycles. The van der Waals surface area contributed by atoms with E-state index in [2.05, 4.69) is 29.0 Å². The van der Waals surface area contributed by atoms with Crippen LogP contribution in [0.1, 0.15) is 29.3 Å². The predicted molar refractivity (Wildman–Crippen MR) is 102 cm³/mol. The lowest BCUT2D eigenvalue weighted by molar-refractivity contribution is 0.102. The molecular formula is C15H22Cl2N4OS. The summed E-state index contributed by atoms with van der Waals surface area (Å²) in [6.07, 6.45) is 0. The van der Waals surface area contributed by atoms with Crippen LogP contribution in [0.2, 0.25) is 0 Å². The molecule has 2 aromatic rings. The van der Waals surface area contributed by atoms with Gasteiger partial charge in [0.1, 0.15) is 10.7 Å². The average molecular weight is 377 g/mol. The van der Waals surface area contributed by atoms with E-state index in [1.165, 1.54) is 11.3 Å². The molecule has 0 fully saturated rings. The van der Waals surface area contributed by atoms with E-state index in [0.717, 1.165) is 16.4 Å². The van der Waals surface area contributed by atoms with Crippen LogP contribution in [0.25, 0.3) is 0 Å². The molecule has 1 aromatic heterocycles. The standard InChI is InChI=1S/C15H20N4OS.2ClH/c1-10(2)19(3)12-6-4-5-11(7-12)17-15(20)13-9-21-14(8-16)18-13;;/h4-7,9-10H,8,16H2,1-3H3,(H,17,20);2*1H. The van der Waals surface area contributed by atoms with Gasteiger partial charge in [0.25, 0.3) is 5.91 Å². The molecule has 0 saturated carbocycles. The molecule has 23 heavy (non-hydrogen) atoms. The number of halogens is 2. The number of carbonyl (C=O) groups excluding carboxylic acids is 1. The largest absolute Gasteiger partial charge is 0.372 e. The molecule has 0 bridgehead atoms. The van der Waals surface area contributed by atoms with E-state index < -0.39 is 0 Å². The number of anilines is 2. The van der Waals surface area contributed by atoms with Gasteiger partial charge in [-0.25, -0.2) is 4.98 Å². The topological polar surface area (TPSA) is 71.2 Å². The monoisotopic (exact) mass is 376 g/mol. The van der Waals surface area contributed by atoms with Gasteiger partial charge in [0, 0.05) is 36.4 Å². The van der Waals surface area contributed by atoms with Crippen molar-refractivity contribution in [1.29, 1.82) is 0 Å². The molecule has 0 spiro atoms. The van der Waals surface area contributed by atoms with Crippen LogP contribution in [0.3, 0.4) is 0 Å². The molecule has 8 heteroatoms. The van der Waals surface area contributed by atoms with Gasteiger partial charge in [0.2, 0.25) is 0 Å². The van der Waals surface area contributed by atoms with Crippen LogP contribution in [-0.4, -0.2) is 24.0 Å². The van der Waals surface area contributed by atoms with Crippen molar-refractivity contribution in [2.24, 2.45) is 5.73 Å². The first-order valence-electron chi connectivity index (χ1n) is 6.80. The van der Waals surface area contributed by atoms with Crippen molar-refractivity contribution in [3.8, 4) is 0 Å². The maximum Gasteiger partial charge on any atom is 0.275 e. The maximum atomic E-state index is 12.1. The van der Waals surface area contributed by atoms with Crippen LogP contribution in [-0.2, 0) is 6.54 Å². The number of nitrogens with two attached hydrogens (primary N) is 1. The van der Waals surface area contributed by atoms with Crippen LogP contribution in [0.5, 0.6) is 0 Å². The van der Waals surface area contributed by atoms with Crippen molar-refractivity contribution < 1.29 is 4.79 Å². The molecule has 0 atom stereocenters. The van der Waals surface area contributed by atoms with E-state index in [4.69, 9.17) is 5.73 Å². The summed E-state index contributed by atoms with van der Waals surface area (Å²) in [6.45, 7) is 4.59. The number of nitrogens with zero attached hydrogens (tertiary/aromatic N) is 2. The first-order valence-corrected chi connectivity index (χ1v) is 7.68. The Morgan fingerprint density at radius 1 is 1.39 bits per heavy atom. The Bertz CT molecular complexity index is 633. The van der Waals surface area contributed by atoms with Gasteiger partial charge >= 0.3 is 0 Å². The predicted octanol–water partition coefficient (Wildman–Crippen LogP) is 3.54. The molecule has 0 aliphatic carbocycles. The summed E-state index contributed by atoms with van der Waals surface area (Å²) in [5.74, 6) is -0.213. The Labute approximate surface area is 153 Å². The number of nitrogens with one attached hydrogen (secondary N) is 1. The average Bonchev–Trinajstić information content (AvgIpc) is 2.95. The summed E-state index contributed by atoms with van der Waals surface area (Å²) >= 11 is 1.40. The van der Waals surface area contributed by atoms with Gasteiger partial charge in [-0.2, -0.15) is 0 Å². The van der Waals surface area contributed by atoms with E-state index in [0.29, 0.717) is 18.3 Å². The highest BCUT2D eigenvalue weighted by Crippen LogP contribution is 2.21. The van der Waals surface area contributed by atoms with Gasteiger partial charge < -0.3 is 16.0 Å². The minimum atomic E-state index is -0.213. The summed E-state index contributed by atoms with van der Waals surface area (Å²) < 4.78 is 0. The lowest BCUT2D eigenvalue weighted by atomic mass is 10.2. The van der Waals surface area contributed by atoms with Crippen molar-refractivity contribution in [2.75, 3.05) is 17.3 Å². The second-order valence-corrected chi connectivity index (χ2v) is 5.98. The zero-order valence-electron chi connectivity index (χ0n) is 13.3. The summed E-state index contributed by atoms with van der Waals surface area (Å²) in [5.41, 5.74) is 7.73. The summed E-state index contributed by atoms with van der Waals surface area (Å²) in [6, 6.07) is 8.16. The maximum absolute atomic E-state index is 12.1. The Hall–Kier alpha value is -1.34. The Balaban J connectivity index is 0.00000242. The highest BCUT2D eigenvalue weighted by molar-refractivity contribution is 7.09. The van der Waals surface area contributed by atoms with Gasteiger partial charge in [-0.1, -0.05) is 6.07 Å². The van der Waals surface area contributed by atoms with E-state index >= 15 is 0 Å². The van der Waals surface area contributed by atoms with Crippen LogP contribution < -0.4 is 16.0 Å². The number of thiazole rings is 1. The van der Waals surface area contributed by atoms with Gasteiger partial charge in [-0.15, -0.1) is 36.2 Å². The van der Waals surface area contributed by atoms with Crippen molar-refractivity contribution >= 4 is 53.4 Å². The molecule has 1 amide bonds. The van der Waals surface area contributed by atoms with Gasteiger partial charge in [-0.05, 0) is 32.0 Å². The molecule has 0 aliphatic rings. The number of hydrogen-bond acceptors (Lipinski definition) is 5. The number of aromatic nitrogens is 1. The van der Waals surface area contributed by atoms with Crippen molar-refractivity contribution in [3.05, 3.63) is 40.3 Å². The fourth-order valence-electron chi connectivity index (χ4n) is 1.81. The third-order valence-corrected chi connectivity index (χ3v) is 4.12. The quantitative estimate of drug-likeness (QED) is 0.836. The first-order chi connectivity index (χ1) is 10.0. The van der Waals surface area contributed by atoms with Gasteiger partial charge in [0.15, 0.2) is 0 Å². The van der Waals surface area contributed by atoms with Crippen molar-refractivity contribution in [2.45, 2.75) is 26.4 Å². The molecule has 5 nitrogen and oxygen atoms in total. The third-order valence-electron chi connectivity index (χ3n) is 3.24. The number of amides is 1. The van der Waals surface area contributed by atoms with Crippen LogP contribution >= 0.6 is 36.2 Å². The van der Waals surface area contributed by atoms with E-state index in [1.54, 1.807) is 5.38 Å². The second-order valence-electron chi connectivity index (χ2n) is 5.04. The zero-order valence-corrected chi connectivity index (χ0v) is 15.7. The molecule has 1 heterocycles. The Morgan fingerprint density at radius 2 is 2.09 bits per heavy atom. The number of hydrogen-bond donors (Lipinski definition) is 2. The van der Waals surface area contributed by atoms with Gasteiger partial charge in [0.05, 0.1) is 0 Å². The number of benzene rings is 1. The Morgan fingerprint density at radius 3 is 2.65 bits per heavy atom. The van der Waals surface area contributed by atoms with Gasteiger partial charge in [-0.3, -0.25) is 4.79 Å². The smallest absolute Gasteiger partial charge is 0.275 e. The van der Waals surface area contributed by atoms with E-state index in [9.17, 15) is 4.79 Å². The van der Waals surface area contributed by atoms with Crippen molar-refractivity contribution in [1.82, 2.24) is 4.98 Å². The van der Waals surface area contributed by atoms with Crippen LogP contribution in [0.4, 0.5) is 11.4 Å². The molecule has 0 saturated heterocycles. The number of rotatable bonds is 5. The molecule has 3 N–H and O–H groups in total. The van der Waals surface area contributed by atoms with Crippen LogP contribution in [0.15, 0.2) is 29.6 Å². The van der Waals surface area contributed by atoms with E-state index in [-0.39, 0.29) is 30.7 Å².